The van der Waals surface area contributed by atoms with Gasteiger partial charge in [0.15, 0.2) is 11.3 Å². The summed E-state index contributed by atoms with van der Waals surface area (Å²) in [6.07, 6.45) is 13.3. The molecule has 0 amide bonds. The molecular weight excluding hydrogens is 352 g/mol. The third kappa shape index (κ3) is 3.27. The lowest BCUT2D eigenvalue weighted by Crippen LogP contribution is -2.34. The van der Waals surface area contributed by atoms with E-state index in [9.17, 15) is 0 Å². The van der Waals surface area contributed by atoms with Gasteiger partial charge in [0.05, 0.1) is 24.4 Å². The molecule has 5 rings (SSSR count). The van der Waals surface area contributed by atoms with Crippen LogP contribution in [0.4, 0.5) is 0 Å². The molecule has 4 aromatic heterocycles. The highest BCUT2D eigenvalue weighted by atomic mass is 15.2. The molecule has 0 saturated carbocycles. The molecule has 0 N–H and O–H groups in total. The Balaban J connectivity index is 1.34. The van der Waals surface area contributed by atoms with E-state index < -0.39 is 0 Å². The average molecular weight is 374 g/mol. The number of piperidine rings is 1. The van der Waals surface area contributed by atoms with Crippen LogP contribution in [-0.2, 0) is 13.6 Å². The van der Waals surface area contributed by atoms with Crippen LogP contribution in [0.15, 0.2) is 49.4 Å². The van der Waals surface area contributed by atoms with E-state index in [1.54, 1.807) is 10.9 Å². The van der Waals surface area contributed by atoms with E-state index in [1.807, 2.05) is 44.2 Å². The van der Waals surface area contributed by atoms with E-state index >= 15 is 0 Å². The molecule has 4 aromatic rings. The summed E-state index contributed by atoms with van der Waals surface area (Å²) in [5.41, 5.74) is 4.62. The normalized spacial score (nSPS) is 16.0. The fraction of sp³-hybridized carbons (Fsp3) is 0.350. The van der Waals surface area contributed by atoms with Gasteiger partial charge >= 0.3 is 0 Å². The Morgan fingerprint density at radius 2 is 2.00 bits per heavy atom. The molecule has 0 spiro atoms. The number of fused-ring (bicyclic) bond motifs is 1. The van der Waals surface area contributed by atoms with Gasteiger partial charge in [0.25, 0.3) is 0 Å². The zero-order valence-corrected chi connectivity index (χ0v) is 15.8. The fourth-order valence-corrected chi connectivity index (χ4v) is 3.87. The van der Waals surface area contributed by atoms with E-state index in [0.717, 1.165) is 49.4 Å². The van der Waals surface area contributed by atoms with Crippen molar-refractivity contribution in [2.45, 2.75) is 25.4 Å². The SMILES string of the molecule is Cn1cc(-c2cnc3ncn(C4CCN(Cc5cccnc5)CC4)c3n2)cn1. The van der Waals surface area contributed by atoms with Gasteiger partial charge in [-0.15, -0.1) is 0 Å². The maximum absolute atomic E-state index is 4.84. The summed E-state index contributed by atoms with van der Waals surface area (Å²) in [6, 6.07) is 4.53. The smallest absolute Gasteiger partial charge is 0.197 e. The third-order valence-corrected chi connectivity index (χ3v) is 5.36. The molecule has 5 heterocycles. The number of rotatable bonds is 4. The molecule has 8 nitrogen and oxygen atoms in total. The monoisotopic (exact) mass is 374 g/mol. The molecule has 1 fully saturated rings. The minimum atomic E-state index is 0.397. The van der Waals surface area contributed by atoms with Crippen molar-refractivity contribution in [2.75, 3.05) is 13.1 Å². The third-order valence-electron chi connectivity index (χ3n) is 5.36. The van der Waals surface area contributed by atoms with Crippen LogP contribution in [0.3, 0.4) is 0 Å². The van der Waals surface area contributed by atoms with Crippen LogP contribution in [-0.4, -0.2) is 52.3 Å². The Labute approximate surface area is 162 Å². The van der Waals surface area contributed by atoms with E-state index in [1.165, 1.54) is 5.56 Å². The molecule has 28 heavy (non-hydrogen) atoms. The predicted molar refractivity (Wildman–Crippen MR) is 105 cm³/mol. The number of nitrogens with zero attached hydrogens (tertiary/aromatic N) is 8. The minimum absolute atomic E-state index is 0.397. The van der Waals surface area contributed by atoms with Gasteiger partial charge in [-0.1, -0.05) is 6.07 Å². The maximum Gasteiger partial charge on any atom is 0.197 e. The van der Waals surface area contributed by atoms with E-state index in [0.29, 0.717) is 11.7 Å². The van der Waals surface area contributed by atoms with Crippen molar-refractivity contribution in [2.24, 2.45) is 7.05 Å². The van der Waals surface area contributed by atoms with Crippen molar-refractivity contribution in [1.82, 2.24) is 39.2 Å². The number of hydrogen-bond donors (Lipinski definition) is 0. The highest BCUT2D eigenvalue weighted by molar-refractivity contribution is 5.70. The predicted octanol–water partition coefficient (Wildman–Crippen LogP) is 2.46. The Kier molecular flexibility index (Phi) is 4.32. The zero-order valence-electron chi connectivity index (χ0n) is 15.8. The molecule has 0 radical (unpaired) electrons. The van der Waals surface area contributed by atoms with Crippen molar-refractivity contribution >= 4 is 11.3 Å². The van der Waals surface area contributed by atoms with Crippen LogP contribution in [0.1, 0.15) is 24.4 Å². The average Bonchev–Trinajstić information content (AvgIpc) is 3.35. The lowest BCUT2D eigenvalue weighted by molar-refractivity contribution is 0.181. The van der Waals surface area contributed by atoms with Gasteiger partial charge in [-0.2, -0.15) is 5.10 Å². The number of hydrogen-bond acceptors (Lipinski definition) is 6. The number of likely N-dealkylation sites (tertiary alicyclic amines) is 1. The van der Waals surface area contributed by atoms with Crippen molar-refractivity contribution < 1.29 is 0 Å². The lowest BCUT2D eigenvalue weighted by atomic mass is 10.0. The van der Waals surface area contributed by atoms with Crippen molar-refractivity contribution in [3.8, 4) is 11.3 Å². The van der Waals surface area contributed by atoms with Crippen LogP contribution in [0.5, 0.6) is 0 Å². The molecule has 0 aromatic carbocycles. The summed E-state index contributed by atoms with van der Waals surface area (Å²) in [4.78, 5) is 20.5. The summed E-state index contributed by atoms with van der Waals surface area (Å²) in [7, 11) is 1.90. The van der Waals surface area contributed by atoms with Crippen LogP contribution >= 0.6 is 0 Å². The van der Waals surface area contributed by atoms with E-state index in [-0.39, 0.29) is 0 Å². The van der Waals surface area contributed by atoms with Gasteiger partial charge in [-0.3, -0.25) is 14.6 Å². The highest BCUT2D eigenvalue weighted by Gasteiger charge is 2.23. The van der Waals surface area contributed by atoms with Crippen LogP contribution in [0.25, 0.3) is 22.6 Å². The summed E-state index contributed by atoms with van der Waals surface area (Å²) in [5, 5.41) is 4.23. The quantitative estimate of drug-likeness (QED) is 0.546. The Hall–Kier alpha value is -3.13. The maximum atomic E-state index is 4.84. The summed E-state index contributed by atoms with van der Waals surface area (Å²) in [5.74, 6) is 0. The fourth-order valence-electron chi connectivity index (χ4n) is 3.87. The number of aromatic nitrogens is 7. The number of aryl methyl sites for hydroxylation is 1. The first-order chi connectivity index (χ1) is 13.8. The lowest BCUT2D eigenvalue weighted by Gasteiger charge is -2.32. The Morgan fingerprint density at radius 3 is 2.75 bits per heavy atom. The van der Waals surface area contributed by atoms with Crippen LogP contribution < -0.4 is 0 Å². The Bertz CT molecular complexity index is 1080. The first-order valence-electron chi connectivity index (χ1n) is 9.56. The van der Waals surface area contributed by atoms with Gasteiger partial charge in [-0.25, -0.2) is 15.0 Å². The van der Waals surface area contributed by atoms with Crippen molar-refractivity contribution in [3.63, 3.8) is 0 Å². The molecule has 0 aliphatic carbocycles. The molecule has 0 unspecified atom stereocenters. The van der Waals surface area contributed by atoms with Gasteiger partial charge < -0.3 is 4.57 Å². The largest absolute Gasteiger partial charge is 0.311 e. The molecular formula is C20H22N8. The van der Waals surface area contributed by atoms with Crippen molar-refractivity contribution in [3.05, 3.63) is 55.0 Å². The topological polar surface area (TPSA) is 77.5 Å². The van der Waals surface area contributed by atoms with Gasteiger partial charge in [-0.05, 0) is 24.5 Å². The second-order valence-corrected chi connectivity index (χ2v) is 7.33. The van der Waals surface area contributed by atoms with E-state index in [4.69, 9.17) is 4.98 Å². The minimum Gasteiger partial charge on any atom is -0.311 e. The first kappa shape index (κ1) is 17.0. The summed E-state index contributed by atoms with van der Waals surface area (Å²) in [6.45, 7) is 3.06. The number of imidazole rings is 1. The van der Waals surface area contributed by atoms with Gasteiger partial charge in [0, 0.05) is 56.9 Å². The molecule has 0 atom stereocenters. The zero-order chi connectivity index (χ0) is 18.9. The molecule has 1 aliphatic heterocycles. The number of pyridine rings is 1. The molecule has 8 heteroatoms. The highest BCUT2D eigenvalue weighted by Crippen LogP contribution is 2.27. The standard InChI is InChI=1S/C20H22N8/c1-26-13-16(10-24-26)18-11-22-19-20(25-18)28(14-23-19)17-4-7-27(8-5-17)12-15-3-2-6-21-9-15/h2-3,6,9-11,13-14,17H,4-5,7-8,12H2,1H3. The second kappa shape index (κ2) is 7.12. The summed E-state index contributed by atoms with van der Waals surface area (Å²) < 4.78 is 3.97. The molecule has 0 bridgehead atoms. The Morgan fingerprint density at radius 1 is 1.11 bits per heavy atom. The molecule has 1 aliphatic rings. The van der Waals surface area contributed by atoms with Crippen LogP contribution in [0, 0.1) is 0 Å². The second-order valence-electron chi connectivity index (χ2n) is 7.33. The summed E-state index contributed by atoms with van der Waals surface area (Å²) >= 11 is 0. The molecule has 1 saturated heterocycles. The van der Waals surface area contributed by atoms with Gasteiger partial charge in [0.2, 0.25) is 0 Å². The van der Waals surface area contributed by atoms with Gasteiger partial charge in [0.1, 0.15) is 0 Å². The van der Waals surface area contributed by atoms with E-state index in [2.05, 4.69) is 35.6 Å². The molecule has 142 valence electrons. The van der Waals surface area contributed by atoms with Crippen molar-refractivity contribution in [1.29, 1.82) is 0 Å². The first-order valence-corrected chi connectivity index (χ1v) is 9.56. The van der Waals surface area contributed by atoms with Crippen LogP contribution in [0.2, 0.25) is 0 Å².